The van der Waals surface area contributed by atoms with Crippen molar-refractivity contribution in [2.75, 3.05) is 25.2 Å². The number of ether oxygens (including phenoxy) is 1. The molecular formula is C12H19N3O3. The van der Waals surface area contributed by atoms with Crippen LogP contribution in [-0.2, 0) is 0 Å². The highest BCUT2D eigenvalue weighted by Gasteiger charge is 2.28. The van der Waals surface area contributed by atoms with Gasteiger partial charge in [-0.15, -0.1) is 0 Å². The average molecular weight is 253 g/mol. The summed E-state index contributed by atoms with van der Waals surface area (Å²) < 4.78 is 5.14. The van der Waals surface area contributed by atoms with Crippen molar-refractivity contribution in [3.63, 3.8) is 0 Å². The first-order chi connectivity index (χ1) is 8.77. The lowest BCUT2D eigenvalue weighted by molar-refractivity contribution is 0.279. The largest absolute Gasteiger partial charge is 0.489 e. The lowest BCUT2D eigenvalue weighted by Crippen LogP contribution is -2.32. The fraction of sp³-hybridized carbons (Fsp3) is 0.667. The fourth-order valence-corrected chi connectivity index (χ4v) is 2.51. The van der Waals surface area contributed by atoms with E-state index in [0.717, 1.165) is 32.2 Å². The number of aromatic amines is 1. The standard InChI is InChI=1S/C12H19N3O3/c1-18-10-11(13-8-14-12(10)17)15-6-2-4-9(15)5-3-7-16/h8-9,16H,2-7H2,1H3,(H,13,14,17). The lowest BCUT2D eigenvalue weighted by atomic mass is 10.1. The van der Waals surface area contributed by atoms with Crippen molar-refractivity contribution in [1.29, 1.82) is 0 Å². The van der Waals surface area contributed by atoms with Crippen LogP contribution in [-0.4, -0.2) is 41.4 Å². The zero-order valence-corrected chi connectivity index (χ0v) is 10.6. The predicted octanol–water partition coefficient (Wildman–Crippen LogP) is 0.520. The number of aromatic nitrogens is 2. The maximum atomic E-state index is 11.7. The number of methoxy groups -OCH3 is 1. The van der Waals surface area contributed by atoms with E-state index in [-0.39, 0.29) is 17.9 Å². The van der Waals surface area contributed by atoms with Gasteiger partial charge in [0.15, 0.2) is 5.82 Å². The fourth-order valence-electron chi connectivity index (χ4n) is 2.51. The molecule has 1 fully saturated rings. The molecular weight excluding hydrogens is 234 g/mol. The first kappa shape index (κ1) is 12.9. The van der Waals surface area contributed by atoms with Gasteiger partial charge in [-0.25, -0.2) is 4.98 Å². The molecule has 100 valence electrons. The maximum absolute atomic E-state index is 11.7. The number of nitrogens with zero attached hydrogens (tertiary/aromatic N) is 2. The molecule has 1 saturated heterocycles. The van der Waals surface area contributed by atoms with Crippen LogP contribution in [0.25, 0.3) is 0 Å². The summed E-state index contributed by atoms with van der Waals surface area (Å²) in [5.41, 5.74) is -0.254. The summed E-state index contributed by atoms with van der Waals surface area (Å²) >= 11 is 0. The Kier molecular flexibility index (Phi) is 4.19. The number of H-pyrrole nitrogens is 1. The SMILES string of the molecule is COc1c(N2CCCC2CCCO)nc[nH]c1=O. The van der Waals surface area contributed by atoms with E-state index in [4.69, 9.17) is 9.84 Å². The summed E-state index contributed by atoms with van der Waals surface area (Å²) in [6, 6.07) is 0.334. The van der Waals surface area contributed by atoms with Crippen LogP contribution >= 0.6 is 0 Å². The number of aliphatic hydroxyl groups is 1. The van der Waals surface area contributed by atoms with Crippen molar-refractivity contribution in [3.05, 3.63) is 16.7 Å². The smallest absolute Gasteiger partial charge is 0.295 e. The summed E-state index contributed by atoms with van der Waals surface area (Å²) in [6.07, 6.45) is 5.23. The number of aliphatic hydroxyl groups excluding tert-OH is 1. The van der Waals surface area contributed by atoms with Crippen molar-refractivity contribution in [2.45, 2.75) is 31.7 Å². The molecule has 0 saturated carbocycles. The molecule has 1 unspecified atom stereocenters. The quantitative estimate of drug-likeness (QED) is 0.800. The molecule has 6 heteroatoms. The van der Waals surface area contributed by atoms with E-state index in [0.29, 0.717) is 11.9 Å². The second kappa shape index (κ2) is 5.86. The minimum absolute atomic E-state index is 0.199. The van der Waals surface area contributed by atoms with Crippen LogP contribution in [0, 0.1) is 0 Å². The number of rotatable bonds is 5. The molecule has 6 nitrogen and oxygen atoms in total. The zero-order chi connectivity index (χ0) is 13.0. The average Bonchev–Trinajstić information content (AvgIpc) is 2.84. The summed E-state index contributed by atoms with van der Waals surface area (Å²) in [7, 11) is 1.48. The lowest BCUT2D eigenvalue weighted by Gasteiger charge is -2.26. The van der Waals surface area contributed by atoms with Gasteiger partial charge in [-0.1, -0.05) is 0 Å². The third-order valence-electron chi connectivity index (χ3n) is 3.34. The molecule has 0 bridgehead atoms. The zero-order valence-electron chi connectivity index (χ0n) is 10.6. The van der Waals surface area contributed by atoms with Crippen LogP contribution in [0.15, 0.2) is 11.1 Å². The number of nitrogens with one attached hydrogen (secondary N) is 1. The molecule has 0 spiro atoms. The molecule has 0 radical (unpaired) electrons. The Morgan fingerprint density at radius 1 is 1.67 bits per heavy atom. The highest BCUT2D eigenvalue weighted by Crippen LogP contribution is 2.30. The van der Waals surface area contributed by atoms with E-state index in [9.17, 15) is 4.79 Å². The number of hydrogen-bond donors (Lipinski definition) is 2. The van der Waals surface area contributed by atoms with E-state index >= 15 is 0 Å². The Bertz CT molecular complexity index is 446. The van der Waals surface area contributed by atoms with Gasteiger partial charge in [-0.2, -0.15) is 0 Å². The first-order valence-corrected chi connectivity index (χ1v) is 6.27. The molecule has 1 aliphatic rings. The van der Waals surface area contributed by atoms with Gasteiger partial charge in [0.05, 0.1) is 13.4 Å². The van der Waals surface area contributed by atoms with Crippen LogP contribution in [0.2, 0.25) is 0 Å². The summed E-state index contributed by atoms with van der Waals surface area (Å²) in [5, 5.41) is 8.91. The molecule has 0 aromatic carbocycles. The Balaban J connectivity index is 2.24. The molecule has 2 rings (SSSR count). The topological polar surface area (TPSA) is 78.5 Å². The normalized spacial score (nSPS) is 19.2. The van der Waals surface area contributed by atoms with Gasteiger partial charge in [0.2, 0.25) is 5.75 Å². The van der Waals surface area contributed by atoms with Crippen LogP contribution in [0.3, 0.4) is 0 Å². The van der Waals surface area contributed by atoms with Crippen molar-refractivity contribution < 1.29 is 9.84 Å². The molecule has 1 aromatic heterocycles. The molecule has 1 aromatic rings. The molecule has 1 atom stereocenters. The Hall–Kier alpha value is -1.56. The van der Waals surface area contributed by atoms with Crippen LogP contribution in [0.5, 0.6) is 5.75 Å². The van der Waals surface area contributed by atoms with Gasteiger partial charge in [-0.3, -0.25) is 4.79 Å². The second-order valence-corrected chi connectivity index (χ2v) is 4.44. The van der Waals surface area contributed by atoms with Gasteiger partial charge in [0.1, 0.15) is 0 Å². The molecule has 1 aliphatic heterocycles. The predicted molar refractivity (Wildman–Crippen MR) is 68.1 cm³/mol. The summed E-state index contributed by atoms with van der Waals surface area (Å²) in [4.78, 5) is 20.5. The Labute approximate surface area is 106 Å². The third kappa shape index (κ3) is 2.48. The van der Waals surface area contributed by atoms with E-state index in [1.807, 2.05) is 0 Å². The van der Waals surface area contributed by atoms with Gasteiger partial charge < -0.3 is 19.7 Å². The van der Waals surface area contributed by atoms with E-state index in [1.165, 1.54) is 13.4 Å². The maximum Gasteiger partial charge on any atom is 0.295 e. The van der Waals surface area contributed by atoms with E-state index in [2.05, 4.69) is 14.9 Å². The van der Waals surface area contributed by atoms with Gasteiger partial charge in [-0.05, 0) is 25.7 Å². The van der Waals surface area contributed by atoms with Gasteiger partial charge in [0.25, 0.3) is 5.56 Å². The van der Waals surface area contributed by atoms with E-state index < -0.39 is 0 Å². The third-order valence-corrected chi connectivity index (χ3v) is 3.34. The Morgan fingerprint density at radius 3 is 3.22 bits per heavy atom. The van der Waals surface area contributed by atoms with E-state index in [1.54, 1.807) is 0 Å². The van der Waals surface area contributed by atoms with Gasteiger partial charge >= 0.3 is 0 Å². The molecule has 2 heterocycles. The van der Waals surface area contributed by atoms with Gasteiger partial charge in [0, 0.05) is 19.2 Å². The minimum atomic E-state index is -0.254. The second-order valence-electron chi connectivity index (χ2n) is 4.44. The molecule has 0 aliphatic carbocycles. The van der Waals surface area contributed by atoms with Crippen LogP contribution in [0.1, 0.15) is 25.7 Å². The first-order valence-electron chi connectivity index (χ1n) is 6.27. The number of hydrogen-bond acceptors (Lipinski definition) is 5. The molecule has 2 N–H and O–H groups in total. The van der Waals surface area contributed by atoms with Crippen molar-refractivity contribution in [2.24, 2.45) is 0 Å². The monoisotopic (exact) mass is 253 g/mol. The van der Waals surface area contributed by atoms with Crippen molar-refractivity contribution >= 4 is 5.82 Å². The summed E-state index contributed by atoms with van der Waals surface area (Å²) in [5.74, 6) is 0.884. The minimum Gasteiger partial charge on any atom is -0.489 e. The number of anilines is 1. The van der Waals surface area contributed by atoms with Crippen molar-refractivity contribution in [3.8, 4) is 5.75 Å². The van der Waals surface area contributed by atoms with Crippen LogP contribution in [0.4, 0.5) is 5.82 Å². The van der Waals surface area contributed by atoms with Crippen LogP contribution < -0.4 is 15.2 Å². The molecule has 18 heavy (non-hydrogen) atoms. The highest BCUT2D eigenvalue weighted by atomic mass is 16.5. The summed E-state index contributed by atoms with van der Waals surface area (Å²) in [6.45, 7) is 1.08. The Morgan fingerprint density at radius 2 is 2.50 bits per heavy atom. The highest BCUT2D eigenvalue weighted by molar-refractivity contribution is 5.52. The van der Waals surface area contributed by atoms with Crippen molar-refractivity contribution in [1.82, 2.24) is 9.97 Å². The molecule has 0 amide bonds.